The summed E-state index contributed by atoms with van der Waals surface area (Å²) in [6.07, 6.45) is 8.83. The van der Waals surface area contributed by atoms with E-state index in [1.807, 2.05) is 0 Å². The van der Waals surface area contributed by atoms with Gasteiger partial charge in [-0.15, -0.1) is 0 Å². The van der Waals surface area contributed by atoms with Crippen molar-refractivity contribution in [2.75, 3.05) is 20.3 Å². The average molecular weight is 210 g/mol. The molecule has 0 aliphatic heterocycles. The molecule has 2 aliphatic rings. The fourth-order valence-corrected chi connectivity index (χ4v) is 2.69. The normalized spacial score (nSPS) is 34.9. The van der Waals surface area contributed by atoms with Gasteiger partial charge < -0.3 is 9.47 Å². The summed E-state index contributed by atoms with van der Waals surface area (Å²) in [6.45, 7) is 3.87. The SMILES string of the molecule is COC(C)CCOCC1CC2C=CC1C2. The van der Waals surface area contributed by atoms with Gasteiger partial charge in [-0.25, -0.2) is 0 Å². The Bertz CT molecular complexity index is 225. The van der Waals surface area contributed by atoms with Gasteiger partial charge in [-0.05, 0) is 43.9 Å². The summed E-state index contributed by atoms with van der Waals surface area (Å²) in [4.78, 5) is 0. The van der Waals surface area contributed by atoms with Gasteiger partial charge in [-0.1, -0.05) is 12.2 Å². The van der Waals surface area contributed by atoms with Crippen LogP contribution in [0, 0.1) is 17.8 Å². The maximum atomic E-state index is 5.73. The van der Waals surface area contributed by atoms with Crippen molar-refractivity contribution in [3.63, 3.8) is 0 Å². The Morgan fingerprint density at radius 2 is 2.20 bits per heavy atom. The summed E-state index contributed by atoms with van der Waals surface area (Å²) in [5.41, 5.74) is 0. The van der Waals surface area contributed by atoms with Gasteiger partial charge in [0.2, 0.25) is 0 Å². The third-order valence-electron chi connectivity index (χ3n) is 3.82. The van der Waals surface area contributed by atoms with Crippen LogP contribution in [-0.2, 0) is 9.47 Å². The van der Waals surface area contributed by atoms with Gasteiger partial charge in [0.05, 0.1) is 6.10 Å². The third kappa shape index (κ3) is 2.82. The standard InChI is InChI=1S/C13H22O2/c1-10(14-2)5-6-15-9-13-8-11-3-4-12(13)7-11/h3-4,10-13H,5-9H2,1-2H3. The van der Waals surface area contributed by atoms with E-state index in [0.29, 0.717) is 6.10 Å². The van der Waals surface area contributed by atoms with E-state index in [1.165, 1.54) is 12.8 Å². The number of allylic oxidation sites excluding steroid dienone is 2. The summed E-state index contributed by atoms with van der Waals surface area (Å²) in [7, 11) is 1.76. The zero-order valence-electron chi connectivity index (χ0n) is 9.82. The highest BCUT2D eigenvalue weighted by atomic mass is 16.5. The van der Waals surface area contributed by atoms with E-state index in [4.69, 9.17) is 9.47 Å². The summed E-state index contributed by atoms with van der Waals surface area (Å²) in [6, 6.07) is 0. The molecular weight excluding hydrogens is 188 g/mol. The highest BCUT2D eigenvalue weighted by molar-refractivity contribution is 5.09. The van der Waals surface area contributed by atoms with Crippen molar-refractivity contribution in [1.29, 1.82) is 0 Å². The van der Waals surface area contributed by atoms with E-state index in [0.717, 1.165) is 37.4 Å². The van der Waals surface area contributed by atoms with Crippen LogP contribution < -0.4 is 0 Å². The molecule has 4 unspecified atom stereocenters. The number of fused-ring (bicyclic) bond motifs is 2. The molecule has 0 N–H and O–H groups in total. The lowest BCUT2D eigenvalue weighted by molar-refractivity contribution is 0.0448. The number of hydrogen-bond acceptors (Lipinski definition) is 2. The van der Waals surface area contributed by atoms with Crippen LogP contribution >= 0.6 is 0 Å². The summed E-state index contributed by atoms with van der Waals surface area (Å²) in [5, 5.41) is 0. The largest absolute Gasteiger partial charge is 0.382 e. The van der Waals surface area contributed by atoms with E-state index in [-0.39, 0.29) is 0 Å². The predicted molar refractivity (Wildman–Crippen MR) is 60.8 cm³/mol. The quantitative estimate of drug-likeness (QED) is 0.495. The highest BCUT2D eigenvalue weighted by Crippen LogP contribution is 2.43. The molecule has 2 heteroatoms. The van der Waals surface area contributed by atoms with Crippen molar-refractivity contribution in [1.82, 2.24) is 0 Å². The number of hydrogen-bond donors (Lipinski definition) is 0. The Hall–Kier alpha value is -0.340. The summed E-state index contributed by atoms with van der Waals surface area (Å²) < 4.78 is 10.9. The van der Waals surface area contributed by atoms with Crippen LogP contribution in [0.3, 0.4) is 0 Å². The molecule has 0 aromatic rings. The molecule has 0 heterocycles. The third-order valence-corrected chi connectivity index (χ3v) is 3.82. The zero-order chi connectivity index (χ0) is 10.7. The topological polar surface area (TPSA) is 18.5 Å². The monoisotopic (exact) mass is 210 g/mol. The van der Waals surface area contributed by atoms with Gasteiger partial charge in [-0.3, -0.25) is 0 Å². The van der Waals surface area contributed by atoms with Crippen LogP contribution in [0.4, 0.5) is 0 Å². The Morgan fingerprint density at radius 1 is 1.33 bits per heavy atom. The van der Waals surface area contributed by atoms with Gasteiger partial charge in [0.15, 0.2) is 0 Å². The molecule has 15 heavy (non-hydrogen) atoms. The molecule has 0 spiro atoms. The van der Waals surface area contributed by atoms with Gasteiger partial charge in [0, 0.05) is 20.3 Å². The first kappa shape index (κ1) is 11.2. The molecule has 0 amide bonds. The molecule has 2 nitrogen and oxygen atoms in total. The molecule has 2 rings (SSSR count). The smallest absolute Gasteiger partial charge is 0.0565 e. The van der Waals surface area contributed by atoms with Crippen molar-refractivity contribution in [3.8, 4) is 0 Å². The maximum absolute atomic E-state index is 5.73. The first-order valence-corrected chi connectivity index (χ1v) is 6.08. The fourth-order valence-electron chi connectivity index (χ4n) is 2.69. The van der Waals surface area contributed by atoms with E-state index in [1.54, 1.807) is 7.11 Å². The molecular formula is C13H22O2. The lowest BCUT2D eigenvalue weighted by Crippen LogP contribution is -2.16. The first-order valence-electron chi connectivity index (χ1n) is 6.08. The number of ether oxygens (including phenoxy) is 2. The second-order valence-electron chi connectivity index (χ2n) is 4.95. The molecule has 4 atom stereocenters. The minimum absolute atomic E-state index is 0.324. The molecule has 86 valence electrons. The first-order chi connectivity index (χ1) is 7.29. The average Bonchev–Trinajstić information content (AvgIpc) is 2.85. The van der Waals surface area contributed by atoms with E-state index in [2.05, 4.69) is 19.1 Å². The minimum atomic E-state index is 0.324. The van der Waals surface area contributed by atoms with Crippen LogP contribution in [0.5, 0.6) is 0 Å². The van der Waals surface area contributed by atoms with E-state index in [9.17, 15) is 0 Å². The van der Waals surface area contributed by atoms with Gasteiger partial charge in [0.25, 0.3) is 0 Å². The molecule has 0 radical (unpaired) electrons. The fraction of sp³-hybridized carbons (Fsp3) is 0.846. The lowest BCUT2D eigenvalue weighted by atomic mass is 9.95. The molecule has 1 fully saturated rings. The zero-order valence-corrected chi connectivity index (χ0v) is 9.82. The van der Waals surface area contributed by atoms with Crippen molar-refractivity contribution in [2.24, 2.45) is 17.8 Å². The van der Waals surface area contributed by atoms with Crippen molar-refractivity contribution in [2.45, 2.75) is 32.3 Å². The van der Waals surface area contributed by atoms with Crippen LogP contribution in [0.1, 0.15) is 26.2 Å². The van der Waals surface area contributed by atoms with Crippen LogP contribution in [0.25, 0.3) is 0 Å². The molecule has 2 bridgehead atoms. The molecule has 0 aromatic carbocycles. The number of rotatable bonds is 6. The summed E-state index contributed by atoms with van der Waals surface area (Å²) >= 11 is 0. The molecule has 0 aromatic heterocycles. The van der Waals surface area contributed by atoms with Crippen LogP contribution in [-0.4, -0.2) is 26.4 Å². The predicted octanol–water partition coefficient (Wildman–Crippen LogP) is 2.64. The molecule has 0 saturated heterocycles. The number of methoxy groups -OCH3 is 1. The van der Waals surface area contributed by atoms with Gasteiger partial charge in [-0.2, -0.15) is 0 Å². The molecule has 2 aliphatic carbocycles. The Balaban J connectivity index is 1.57. The van der Waals surface area contributed by atoms with Crippen LogP contribution in [0.15, 0.2) is 12.2 Å². The van der Waals surface area contributed by atoms with Crippen molar-refractivity contribution < 1.29 is 9.47 Å². The van der Waals surface area contributed by atoms with E-state index < -0.39 is 0 Å². The summed E-state index contributed by atoms with van der Waals surface area (Å²) in [5.74, 6) is 2.47. The van der Waals surface area contributed by atoms with Gasteiger partial charge in [0.1, 0.15) is 0 Å². The minimum Gasteiger partial charge on any atom is -0.382 e. The maximum Gasteiger partial charge on any atom is 0.0565 e. The highest BCUT2D eigenvalue weighted by Gasteiger charge is 2.35. The Morgan fingerprint density at radius 3 is 2.80 bits per heavy atom. The second kappa shape index (κ2) is 5.13. The Kier molecular flexibility index (Phi) is 3.81. The van der Waals surface area contributed by atoms with Crippen molar-refractivity contribution >= 4 is 0 Å². The molecule has 1 saturated carbocycles. The lowest BCUT2D eigenvalue weighted by Gasteiger charge is -2.18. The van der Waals surface area contributed by atoms with E-state index >= 15 is 0 Å². The van der Waals surface area contributed by atoms with Crippen molar-refractivity contribution in [3.05, 3.63) is 12.2 Å². The Labute approximate surface area is 92.6 Å². The second-order valence-corrected chi connectivity index (χ2v) is 4.95. The van der Waals surface area contributed by atoms with Gasteiger partial charge >= 0.3 is 0 Å². The van der Waals surface area contributed by atoms with Crippen LogP contribution in [0.2, 0.25) is 0 Å².